The molecule has 0 heterocycles. The Labute approximate surface area is 133 Å². The molecular formula is C16H15Cl2NO2. The number of esters is 1. The predicted octanol–water partition coefficient (Wildman–Crippen LogP) is 4.42. The lowest BCUT2D eigenvalue weighted by atomic mass is 10.0. The molecule has 0 amide bonds. The van der Waals surface area contributed by atoms with Gasteiger partial charge >= 0.3 is 5.97 Å². The van der Waals surface area contributed by atoms with Gasteiger partial charge in [-0.05, 0) is 42.3 Å². The van der Waals surface area contributed by atoms with Gasteiger partial charge in [0.25, 0.3) is 0 Å². The summed E-state index contributed by atoms with van der Waals surface area (Å²) in [6, 6.07) is 12.3. The highest BCUT2D eigenvalue weighted by Gasteiger charge is 2.17. The summed E-state index contributed by atoms with van der Waals surface area (Å²) < 4.78 is 5.30. The number of rotatable bonds is 4. The average molecular weight is 324 g/mol. The van der Waals surface area contributed by atoms with Gasteiger partial charge in [0, 0.05) is 5.69 Å². The van der Waals surface area contributed by atoms with E-state index in [2.05, 4.69) is 0 Å². The zero-order chi connectivity index (χ0) is 15.4. The molecule has 0 aliphatic heterocycles. The van der Waals surface area contributed by atoms with Crippen LogP contribution in [0.1, 0.15) is 24.0 Å². The Morgan fingerprint density at radius 3 is 2.62 bits per heavy atom. The first-order valence-electron chi connectivity index (χ1n) is 6.43. The van der Waals surface area contributed by atoms with E-state index in [1.54, 1.807) is 37.3 Å². The van der Waals surface area contributed by atoms with E-state index in [9.17, 15) is 4.79 Å². The summed E-state index contributed by atoms with van der Waals surface area (Å²) in [5.74, 6) is -0.692. The van der Waals surface area contributed by atoms with Crippen LogP contribution < -0.4 is 5.73 Å². The van der Waals surface area contributed by atoms with E-state index in [1.807, 2.05) is 12.1 Å². The molecule has 0 bridgehead atoms. The largest absolute Gasteiger partial charge is 0.460 e. The van der Waals surface area contributed by atoms with Gasteiger partial charge in [0.2, 0.25) is 0 Å². The van der Waals surface area contributed by atoms with E-state index in [0.717, 1.165) is 11.1 Å². The van der Waals surface area contributed by atoms with Gasteiger partial charge in [0.1, 0.15) is 6.61 Å². The summed E-state index contributed by atoms with van der Waals surface area (Å²) in [4.78, 5) is 12.1. The molecule has 0 fully saturated rings. The van der Waals surface area contributed by atoms with Crippen molar-refractivity contribution in [2.45, 2.75) is 19.4 Å². The Morgan fingerprint density at radius 1 is 1.19 bits per heavy atom. The minimum atomic E-state index is -0.378. The molecule has 3 nitrogen and oxygen atoms in total. The van der Waals surface area contributed by atoms with Gasteiger partial charge < -0.3 is 10.5 Å². The van der Waals surface area contributed by atoms with Crippen LogP contribution in [0.4, 0.5) is 5.69 Å². The second kappa shape index (κ2) is 6.83. The smallest absolute Gasteiger partial charge is 0.313 e. The number of hydrogen-bond donors (Lipinski definition) is 1. The van der Waals surface area contributed by atoms with Gasteiger partial charge in [-0.2, -0.15) is 0 Å². The minimum absolute atomic E-state index is 0.155. The van der Waals surface area contributed by atoms with Gasteiger partial charge in [0.05, 0.1) is 16.0 Å². The van der Waals surface area contributed by atoms with Gasteiger partial charge in [-0.15, -0.1) is 0 Å². The molecule has 2 aromatic carbocycles. The Balaban J connectivity index is 1.99. The molecule has 0 saturated heterocycles. The summed E-state index contributed by atoms with van der Waals surface area (Å²) in [6.45, 7) is 1.94. The molecule has 0 aliphatic carbocycles. The van der Waals surface area contributed by atoms with E-state index < -0.39 is 0 Å². The standard InChI is InChI=1S/C16H15Cl2NO2/c1-10(12-3-2-4-13(19)8-12)16(20)21-9-11-5-6-14(17)15(18)7-11/h2-8,10H,9,19H2,1H3. The summed E-state index contributed by atoms with van der Waals surface area (Å²) in [7, 11) is 0. The molecule has 2 aromatic rings. The van der Waals surface area contributed by atoms with Crippen LogP contribution in [0, 0.1) is 0 Å². The van der Waals surface area contributed by atoms with E-state index in [-0.39, 0.29) is 18.5 Å². The highest BCUT2D eigenvalue weighted by Crippen LogP contribution is 2.24. The van der Waals surface area contributed by atoms with Crippen molar-refractivity contribution in [3.05, 3.63) is 63.6 Å². The fourth-order valence-electron chi connectivity index (χ4n) is 1.87. The van der Waals surface area contributed by atoms with Crippen LogP contribution in [0.15, 0.2) is 42.5 Å². The van der Waals surface area contributed by atoms with Crippen LogP contribution in [-0.2, 0) is 16.1 Å². The van der Waals surface area contributed by atoms with Crippen LogP contribution in [0.3, 0.4) is 0 Å². The number of halogens is 2. The van der Waals surface area contributed by atoms with Crippen LogP contribution in [0.2, 0.25) is 10.0 Å². The Bertz CT molecular complexity index is 658. The fourth-order valence-corrected chi connectivity index (χ4v) is 2.19. The summed E-state index contributed by atoms with van der Waals surface area (Å²) in [5.41, 5.74) is 7.95. The SMILES string of the molecule is CC(C(=O)OCc1ccc(Cl)c(Cl)c1)c1cccc(N)c1. The van der Waals surface area contributed by atoms with Crippen LogP contribution in [0.25, 0.3) is 0 Å². The lowest BCUT2D eigenvalue weighted by Crippen LogP contribution is -2.13. The third kappa shape index (κ3) is 4.13. The summed E-state index contributed by atoms with van der Waals surface area (Å²) in [6.07, 6.45) is 0. The summed E-state index contributed by atoms with van der Waals surface area (Å²) in [5, 5.41) is 0.911. The average Bonchev–Trinajstić information content (AvgIpc) is 2.47. The minimum Gasteiger partial charge on any atom is -0.460 e. The van der Waals surface area contributed by atoms with Crippen molar-refractivity contribution in [1.82, 2.24) is 0 Å². The maximum atomic E-state index is 12.1. The van der Waals surface area contributed by atoms with Gasteiger partial charge in [-0.3, -0.25) is 4.79 Å². The number of hydrogen-bond acceptors (Lipinski definition) is 3. The zero-order valence-corrected chi connectivity index (χ0v) is 13.0. The molecule has 1 unspecified atom stereocenters. The normalized spacial score (nSPS) is 12.0. The van der Waals surface area contributed by atoms with Gasteiger partial charge in [-0.1, -0.05) is 41.4 Å². The molecule has 2 rings (SSSR count). The van der Waals surface area contributed by atoms with Crippen molar-refractivity contribution in [2.24, 2.45) is 0 Å². The van der Waals surface area contributed by atoms with Crippen LogP contribution in [-0.4, -0.2) is 5.97 Å². The number of ether oxygens (including phenoxy) is 1. The van der Waals surface area contributed by atoms with Crippen LogP contribution >= 0.6 is 23.2 Å². The third-order valence-corrected chi connectivity index (χ3v) is 3.87. The van der Waals surface area contributed by atoms with Gasteiger partial charge in [0.15, 0.2) is 0 Å². The third-order valence-electron chi connectivity index (χ3n) is 3.13. The molecule has 21 heavy (non-hydrogen) atoms. The number of anilines is 1. The number of carbonyl (C=O) groups excluding carboxylic acids is 1. The monoisotopic (exact) mass is 323 g/mol. The molecule has 1 atom stereocenters. The summed E-state index contributed by atoms with van der Waals surface area (Å²) >= 11 is 11.8. The van der Waals surface area contributed by atoms with E-state index in [1.165, 1.54) is 0 Å². The molecule has 0 aromatic heterocycles. The first kappa shape index (κ1) is 15.7. The number of carbonyl (C=O) groups is 1. The van der Waals surface area contributed by atoms with Crippen molar-refractivity contribution in [3.63, 3.8) is 0 Å². The highest BCUT2D eigenvalue weighted by molar-refractivity contribution is 6.42. The predicted molar refractivity (Wildman–Crippen MR) is 85.5 cm³/mol. The van der Waals surface area contributed by atoms with E-state index in [0.29, 0.717) is 15.7 Å². The molecule has 0 spiro atoms. The lowest BCUT2D eigenvalue weighted by Gasteiger charge is -2.12. The van der Waals surface area contributed by atoms with Crippen molar-refractivity contribution in [1.29, 1.82) is 0 Å². The first-order valence-corrected chi connectivity index (χ1v) is 7.19. The highest BCUT2D eigenvalue weighted by atomic mass is 35.5. The van der Waals surface area contributed by atoms with Crippen molar-refractivity contribution in [2.75, 3.05) is 5.73 Å². The number of nitrogen functional groups attached to an aromatic ring is 1. The number of nitrogens with two attached hydrogens (primary N) is 1. The molecule has 110 valence electrons. The maximum absolute atomic E-state index is 12.1. The van der Waals surface area contributed by atoms with Gasteiger partial charge in [-0.25, -0.2) is 0 Å². The molecule has 2 N–H and O–H groups in total. The Morgan fingerprint density at radius 2 is 1.95 bits per heavy atom. The zero-order valence-electron chi connectivity index (χ0n) is 11.5. The van der Waals surface area contributed by atoms with E-state index in [4.69, 9.17) is 33.7 Å². The van der Waals surface area contributed by atoms with Crippen LogP contribution in [0.5, 0.6) is 0 Å². The molecule has 0 radical (unpaired) electrons. The lowest BCUT2D eigenvalue weighted by molar-refractivity contribution is -0.146. The molecular weight excluding hydrogens is 309 g/mol. The Kier molecular flexibility index (Phi) is 5.10. The van der Waals surface area contributed by atoms with Crippen molar-refractivity contribution in [3.8, 4) is 0 Å². The second-order valence-electron chi connectivity index (χ2n) is 4.75. The first-order chi connectivity index (χ1) is 9.97. The molecule has 0 aliphatic rings. The maximum Gasteiger partial charge on any atom is 0.313 e. The fraction of sp³-hybridized carbons (Fsp3) is 0.188. The van der Waals surface area contributed by atoms with Crippen molar-refractivity contribution < 1.29 is 9.53 Å². The molecule has 0 saturated carbocycles. The van der Waals surface area contributed by atoms with Crippen molar-refractivity contribution >= 4 is 34.9 Å². The van der Waals surface area contributed by atoms with E-state index >= 15 is 0 Å². The quantitative estimate of drug-likeness (QED) is 0.669. The Hall–Kier alpha value is -1.71. The molecule has 5 heteroatoms. The second-order valence-corrected chi connectivity index (χ2v) is 5.56. The number of benzene rings is 2. The topological polar surface area (TPSA) is 52.3 Å².